The number of esters is 1. The average Bonchev–Trinajstić information content (AvgIpc) is 3.17. The van der Waals surface area contributed by atoms with Crippen LogP contribution in [-0.2, 0) is 14.3 Å². The molecule has 1 saturated heterocycles. The normalized spacial score (nSPS) is 48.7. The number of likely N-dealkylation sites (N-methyl/N-ethyl adjacent to an activating group) is 1. The van der Waals surface area contributed by atoms with E-state index in [-0.39, 0.29) is 34.9 Å². The molecule has 0 N–H and O–H groups in total. The van der Waals surface area contributed by atoms with Crippen LogP contribution < -0.4 is 0 Å². The summed E-state index contributed by atoms with van der Waals surface area (Å²) in [6.07, 6.45) is 13.7. The number of hydrogen-bond donors (Lipinski definition) is 0. The number of amides is 1. The highest BCUT2D eigenvalue weighted by Gasteiger charge is 2.68. The summed E-state index contributed by atoms with van der Waals surface area (Å²) in [4.78, 5) is 26.7. The van der Waals surface area contributed by atoms with Gasteiger partial charge in [-0.1, -0.05) is 25.2 Å². The van der Waals surface area contributed by atoms with E-state index in [9.17, 15) is 9.59 Å². The van der Waals surface area contributed by atoms with Gasteiger partial charge in [0.25, 0.3) is 0 Å². The molecule has 5 rings (SSSR count). The molecule has 8 atom stereocenters. The summed E-state index contributed by atoms with van der Waals surface area (Å²) in [5, 5.41) is 0. The van der Waals surface area contributed by atoms with Crippen LogP contribution in [0.1, 0.15) is 59.3 Å². The Hall–Kier alpha value is -1.58. The smallest absolute Gasteiger partial charge is 0.313 e. The highest BCUT2D eigenvalue weighted by Crippen LogP contribution is 2.68. The van der Waals surface area contributed by atoms with Crippen LogP contribution >= 0.6 is 0 Å². The van der Waals surface area contributed by atoms with E-state index in [1.165, 1.54) is 12.0 Å². The summed E-state index contributed by atoms with van der Waals surface area (Å²) >= 11 is 0. The van der Waals surface area contributed by atoms with Crippen molar-refractivity contribution in [2.45, 2.75) is 71.4 Å². The summed E-state index contributed by atoms with van der Waals surface area (Å²) < 4.78 is 5.75. The maximum absolute atomic E-state index is 12.9. The highest BCUT2D eigenvalue weighted by atomic mass is 16.6. The molecule has 4 heteroatoms. The maximum atomic E-state index is 12.9. The first-order valence-electron chi connectivity index (χ1n) is 11.1. The fourth-order valence-corrected chi connectivity index (χ4v) is 7.83. The minimum Gasteiger partial charge on any atom is -0.462 e. The molecule has 4 nitrogen and oxygen atoms in total. The number of allylic oxidation sites excluding steroid dienone is 3. The van der Waals surface area contributed by atoms with Crippen molar-refractivity contribution in [3.8, 4) is 0 Å². The lowest BCUT2D eigenvalue weighted by Gasteiger charge is -2.55. The van der Waals surface area contributed by atoms with E-state index in [0.29, 0.717) is 23.7 Å². The average molecular weight is 384 g/mol. The summed E-state index contributed by atoms with van der Waals surface area (Å²) in [6, 6.07) is 0.207. The second kappa shape index (κ2) is 5.96. The summed E-state index contributed by atoms with van der Waals surface area (Å²) in [5.74, 6) is 2.18. The van der Waals surface area contributed by atoms with Crippen molar-refractivity contribution in [1.29, 1.82) is 0 Å². The van der Waals surface area contributed by atoms with Gasteiger partial charge in [0, 0.05) is 19.9 Å². The highest BCUT2D eigenvalue weighted by molar-refractivity contribution is 5.81. The van der Waals surface area contributed by atoms with Crippen LogP contribution in [0.4, 0.5) is 0 Å². The van der Waals surface area contributed by atoms with Crippen LogP contribution in [0.5, 0.6) is 0 Å². The first kappa shape index (κ1) is 18.4. The third-order valence-corrected chi connectivity index (χ3v) is 9.45. The van der Waals surface area contributed by atoms with Crippen LogP contribution in [0.25, 0.3) is 0 Å². The lowest BCUT2D eigenvalue weighted by molar-refractivity contribution is -0.155. The van der Waals surface area contributed by atoms with Crippen molar-refractivity contribution in [2.75, 3.05) is 7.05 Å². The largest absolute Gasteiger partial charge is 0.462 e. The summed E-state index contributed by atoms with van der Waals surface area (Å²) in [7, 11) is 1.91. The van der Waals surface area contributed by atoms with Gasteiger partial charge in [-0.2, -0.15) is 0 Å². The zero-order chi connectivity index (χ0) is 19.8. The quantitative estimate of drug-likeness (QED) is 0.640. The molecule has 0 radical (unpaired) electrons. The Bertz CT molecular complexity index is 785. The number of cyclic esters (lactones) is 1. The van der Waals surface area contributed by atoms with Crippen molar-refractivity contribution >= 4 is 11.9 Å². The Morgan fingerprint density at radius 1 is 1.14 bits per heavy atom. The zero-order valence-electron chi connectivity index (χ0n) is 17.6. The molecule has 0 aromatic heterocycles. The molecular weight excluding hydrogens is 350 g/mol. The summed E-state index contributed by atoms with van der Waals surface area (Å²) in [5.41, 5.74) is 1.36. The lowest BCUT2D eigenvalue weighted by atomic mass is 9.48. The number of carbonyl (C=O) groups excluding carboxylic acids is 2. The van der Waals surface area contributed by atoms with E-state index in [1.54, 1.807) is 6.92 Å². The molecule has 1 heterocycles. The molecule has 28 heavy (non-hydrogen) atoms. The Morgan fingerprint density at radius 2 is 1.89 bits per heavy atom. The molecule has 152 valence electrons. The molecule has 1 spiro atoms. The van der Waals surface area contributed by atoms with Gasteiger partial charge in [0.05, 0.1) is 11.5 Å². The minimum atomic E-state index is -0.214. The van der Waals surface area contributed by atoms with Gasteiger partial charge in [0.1, 0.15) is 6.10 Å². The van der Waals surface area contributed by atoms with E-state index in [4.69, 9.17) is 4.74 Å². The number of hydrogen-bond acceptors (Lipinski definition) is 3. The molecule has 1 aliphatic heterocycles. The fraction of sp³-hybridized carbons (Fsp3) is 0.750. The van der Waals surface area contributed by atoms with Crippen LogP contribution in [0.2, 0.25) is 0 Å². The van der Waals surface area contributed by atoms with Gasteiger partial charge in [-0.05, 0) is 74.2 Å². The first-order chi connectivity index (χ1) is 13.3. The third-order valence-electron chi connectivity index (χ3n) is 9.45. The Balaban J connectivity index is 1.50. The van der Waals surface area contributed by atoms with Crippen molar-refractivity contribution < 1.29 is 14.3 Å². The van der Waals surface area contributed by atoms with Crippen molar-refractivity contribution in [3.05, 3.63) is 23.8 Å². The van der Waals surface area contributed by atoms with Crippen LogP contribution in [-0.4, -0.2) is 36.0 Å². The van der Waals surface area contributed by atoms with Gasteiger partial charge in [0.15, 0.2) is 0 Å². The number of fused-ring (bicyclic) bond motifs is 4. The lowest BCUT2D eigenvalue weighted by Crippen LogP contribution is -2.52. The molecule has 0 aromatic carbocycles. The van der Waals surface area contributed by atoms with Gasteiger partial charge >= 0.3 is 5.97 Å². The van der Waals surface area contributed by atoms with Gasteiger partial charge < -0.3 is 9.64 Å². The van der Waals surface area contributed by atoms with Gasteiger partial charge in [0.2, 0.25) is 5.91 Å². The molecular formula is C24H33NO3. The zero-order valence-corrected chi connectivity index (χ0v) is 17.6. The number of carbonyl (C=O) groups is 2. The van der Waals surface area contributed by atoms with Crippen molar-refractivity contribution in [2.24, 2.45) is 34.5 Å². The fourth-order valence-electron chi connectivity index (χ4n) is 7.83. The monoisotopic (exact) mass is 383 g/mol. The van der Waals surface area contributed by atoms with Crippen LogP contribution in [0.3, 0.4) is 0 Å². The van der Waals surface area contributed by atoms with E-state index < -0.39 is 0 Å². The molecule has 0 aromatic rings. The Morgan fingerprint density at radius 3 is 2.64 bits per heavy atom. The van der Waals surface area contributed by atoms with Gasteiger partial charge in [-0.3, -0.25) is 9.59 Å². The maximum Gasteiger partial charge on any atom is 0.313 e. The molecule has 3 fully saturated rings. The first-order valence-corrected chi connectivity index (χ1v) is 11.1. The number of nitrogens with zero attached hydrogens (tertiary/aromatic N) is 1. The third kappa shape index (κ3) is 2.18. The van der Waals surface area contributed by atoms with Crippen LogP contribution in [0.15, 0.2) is 23.8 Å². The van der Waals surface area contributed by atoms with Gasteiger partial charge in [-0.25, -0.2) is 0 Å². The predicted octanol–water partition coefficient (Wildman–Crippen LogP) is 4.11. The molecule has 1 amide bonds. The van der Waals surface area contributed by atoms with E-state index in [1.807, 2.05) is 11.9 Å². The SMILES string of the molecule is CC(=O)N(C)[C@H]1C=C2C=C[C@H]3[C@@H]4CC[C@@H]5[C@H](C)OC(=O)[C@@]54CC[C@@H]3[C@@]2(C)CC1. The Kier molecular flexibility index (Phi) is 3.93. The van der Waals surface area contributed by atoms with Crippen LogP contribution in [0, 0.1) is 34.5 Å². The standard InChI is InChI=1S/C24H33NO3/c1-14-19-7-8-21-18-6-5-16-13-17(25(4)15(2)26)9-11-23(16,3)20(18)10-12-24(19,21)22(27)28-14/h5-6,13-14,17-21H,7-12H2,1-4H3/t14-,17+,18+,19+,20-,21-,23-,24-/m0/s1. The van der Waals surface area contributed by atoms with Crippen molar-refractivity contribution in [1.82, 2.24) is 4.90 Å². The minimum absolute atomic E-state index is 0.0882. The van der Waals surface area contributed by atoms with Crippen molar-refractivity contribution in [3.63, 3.8) is 0 Å². The molecule has 2 saturated carbocycles. The second-order valence-electron chi connectivity index (χ2n) is 10.3. The molecule has 5 aliphatic rings. The predicted molar refractivity (Wildman–Crippen MR) is 107 cm³/mol. The molecule has 0 bridgehead atoms. The van der Waals surface area contributed by atoms with E-state index >= 15 is 0 Å². The van der Waals surface area contributed by atoms with Gasteiger partial charge in [-0.15, -0.1) is 0 Å². The number of rotatable bonds is 1. The second-order valence-corrected chi connectivity index (χ2v) is 10.3. The summed E-state index contributed by atoms with van der Waals surface area (Å²) in [6.45, 7) is 6.18. The van der Waals surface area contributed by atoms with E-state index in [2.05, 4.69) is 32.1 Å². The number of ether oxygens (including phenoxy) is 1. The molecule has 0 unspecified atom stereocenters. The molecule has 4 aliphatic carbocycles. The van der Waals surface area contributed by atoms with E-state index in [0.717, 1.165) is 32.1 Å². The topological polar surface area (TPSA) is 46.6 Å². The Labute approximate surface area is 168 Å².